The molecule has 0 bridgehead atoms. The lowest BCUT2D eigenvalue weighted by atomic mass is 9.94. The van der Waals surface area contributed by atoms with Crippen molar-refractivity contribution in [3.63, 3.8) is 0 Å². The molecule has 2 rings (SSSR count). The van der Waals surface area contributed by atoms with Crippen LogP contribution in [0.5, 0.6) is 0 Å². The van der Waals surface area contributed by atoms with Gasteiger partial charge in [0.05, 0.1) is 0 Å². The molecule has 0 unspecified atom stereocenters. The molecule has 0 spiro atoms. The van der Waals surface area contributed by atoms with Crippen LogP contribution in [0.2, 0.25) is 5.02 Å². The van der Waals surface area contributed by atoms with Gasteiger partial charge in [-0.3, -0.25) is 0 Å². The van der Waals surface area contributed by atoms with Gasteiger partial charge in [0.15, 0.2) is 0 Å². The fourth-order valence-electron chi connectivity index (χ4n) is 2.18. The Morgan fingerprint density at radius 1 is 1.33 bits per heavy atom. The molecule has 1 fully saturated rings. The highest BCUT2D eigenvalue weighted by atomic mass is 35.5. The number of aryl methyl sites for hydroxylation is 1. The van der Waals surface area contributed by atoms with Crippen molar-refractivity contribution >= 4 is 24.0 Å². The molecular weight excluding hydrogens is 229 g/mol. The molecule has 1 atom stereocenters. The summed E-state index contributed by atoms with van der Waals surface area (Å²) >= 11 is 6.22. The van der Waals surface area contributed by atoms with Crippen LogP contribution in [0.25, 0.3) is 0 Å². The first-order valence-electron chi connectivity index (χ1n) is 5.27. The SMILES string of the molecule is Cc1cccc(Cl)c1[C@H]1CCCCN1.Cl. The van der Waals surface area contributed by atoms with Crippen molar-refractivity contribution in [1.29, 1.82) is 0 Å². The summed E-state index contributed by atoms with van der Waals surface area (Å²) in [4.78, 5) is 0. The van der Waals surface area contributed by atoms with Crippen LogP contribution in [0.4, 0.5) is 0 Å². The summed E-state index contributed by atoms with van der Waals surface area (Å²) in [5, 5.41) is 4.44. The van der Waals surface area contributed by atoms with Crippen molar-refractivity contribution in [3.05, 3.63) is 34.3 Å². The van der Waals surface area contributed by atoms with Gasteiger partial charge in [-0.1, -0.05) is 30.2 Å². The largest absolute Gasteiger partial charge is 0.310 e. The van der Waals surface area contributed by atoms with Crippen LogP contribution in [0.15, 0.2) is 18.2 Å². The topological polar surface area (TPSA) is 12.0 Å². The first kappa shape index (κ1) is 12.8. The molecule has 0 aromatic heterocycles. The van der Waals surface area contributed by atoms with Gasteiger partial charge < -0.3 is 5.32 Å². The monoisotopic (exact) mass is 245 g/mol. The van der Waals surface area contributed by atoms with E-state index in [-0.39, 0.29) is 12.4 Å². The molecule has 3 heteroatoms. The normalized spacial score (nSPS) is 20.8. The summed E-state index contributed by atoms with van der Waals surface area (Å²) in [6.07, 6.45) is 3.81. The van der Waals surface area contributed by atoms with E-state index >= 15 is 0 Å². The van der Waals surface area contributed by atoms with Crippen LogP contribution in [-0.2, 0) is 0 Å². The molecule has 0 saturated carbocycles. The molecule has 1 aromatic carbocycles. The van der Waals surface area contributed by atoms with Gasteiger partial charge in [0.1, 0.15) is 0 Å². The summed E-state index contributed by atoms with van der Waals surface area (Å²) in [7, 11) is 0. The van der Waals surface area contributed by atoms with Crippen molar-refractivity contribution < 1.29 is 0 Å². The lowest BCUT2D eigenvalue weighted by Gasteiger charge is -2.26. The highest BCUT2D eigenvalue weighted by Gasteiger charge is 2.18. The molecule has 1 N–H and O–H groups in total. The molecule has 1 aliphatic rings. The molecule has 1 saturated heterocycles. The van der Waals surface area contributed by atoms with E-state index in [0.29, 0.717) is 6.04 Å². The van der Waals surface area contributed by atoms with Gasteiger partial charge in [-0.05, 0) is 43.5 Å². The molecule has 1 aromatic rings. The first-order chi connectivity index (χ1) is 6.79. The maximum absolute atomic E-state index is 6.22. The van der Waals surface area contributed by atoms with E-state index in [1.54, 1.807) is 0 Å². The molecule has 15 heavy (non-hydrogen) atoms. The standard InChI is InChI=1S/C12H16ClN.ClH/c1-9-5-4-6-10(13)12(9)11-7-2-3-8-14-11;/h4-6,11,14H,2-3,7-8H2,1H3;1H/t11-;/m1./s1. The van der Waals surface area contributed by atoms with Gasteiger partial charge in [-0.25, -0.2) is 0 Å². The zero-order valence-electron chi connectivity index (χ0n) is 8.92. The van der Waals surface area contributed by atoms with Crippen LogP contribution in [0, 0.1) is 6.92 Å². The molecule has 0 amide bonds. The lowest BCUT2D eigenvalue weighted by molar-refractivity contribution is 0.411. The van der Waals surface area contributed by atoms with Crippen LogP contribution >= 0.6 is 24.0 Å². The Balaban J connectivity index is 0.00000112. The zero-order chi connectivity index (χ0) is 9.97. The van der Waals surface area contributed by atoms with E-state index in [2.05, 4.69) is 18.3 Å². The van der Waals surface area contributed by atoms with Crippen LogP contribution in [-0.4, -0.2) is 6.54 Å². The van der Waals surface area contributed by atoms with Crippen molar-refractivity contribution in [1.82, 2.24) is 5.32 Å². The van der Waals surface area contributed by atoms with Crippen molar-refractivity contribution in [2.45, 2.75) is 32.2 Å². The minimum Gasteiger partial charge on any atom is -0.310 e. The second-order valence-electron chi connectivity index (χ2n) is 3.97. The molecule has 1 nitrogen and oxygen atoms in total. The fraction of sp³-hybridized carbons (Fsp3) is 0.500. The summed E-state index contributed by atoms with van der Waals surface area (Å²) in [6, 6.07) is 6.61. The summed E-state index contributed by atoms with van der Waals surface area (Å²) in [5.41, 5.74) is 2.60. The van der Waals surface area contributed by atoms with Crippen molar-refractivity contribution in [2.75, 3.05) is 6.54 Å². The third kappa shape index (κ3) is 2.87. The van der Waals surface area contributed by atoms with Crippen LogP contribution in [0.1, 0.15) is 36.4 Å². The van der Waals surface area contributed by atoms with E-state index in [1.165, 1.54) is 30.4 Å². The second kappa shape index (κ2) is 5.74. The van der Waals surface area contributed by atoms with Gasteiger partial charge in [-0.2, -0.15) is 0 Å². The Bertz CT molecular complexity index is 299. The third-order valence-corrected chi connectivity index (χ3v) is 3.26. The maximum atomic E-state index is 6.22. The van der Waals surface area contributed by atoms with E-state index in [0.717, 1.165) is 11.6 Å². The fourth-order valence-corrected chi connectivity index (χ4v) is 2.54. The summed E-state index contributed by atoms with van der Waals surface area (Å²) in [5.74, 6) is 0. The lowest BCUT2D eigenvalue weighted by Crippen LogP contribution is -2.27. The van der Waals surface area contributed by atoms with Gasteiger partial charge in [0.2, 0.25) is 0 Å². The van der Waals surface area contributed by atoms with E-state index < -0.39 is 0 Å². The van der Waals surface area contributed by atoms with Crippen LogP contribution in [0.3, 0.4) is 0 Å². The minimum atomic E-state index is 0. The highest BCUT2D eigenvalue weighted by Crippen LogP contribution is 2.31. The zero-order valence-corrected chi connectivity index (χ0v) is 10.5. The Morgan fingerprint density at radius 3 is 2.73 bits per heavy atom. The van der Waals surface area contributed by atoms with E-state index in [9.17, 15) is 0 Å². The molecule has 84 valence electrons. The number of nitrogens with one attached hydrogen (secondary N) is 1. The van der Waals surface area contributed by atoms with Crippen molar-refractivity contribution in [3.8, 4) is 0 Å². The quantitative estimate of drug-likeness (QED) is 0.792. The maximum Gasteiger partial charge on any atom is 0.0456 e. The number of rotatable bonds is 1. The Morgan fingerprint density at radius 2 is 2.13 bits per heavy atom. The second-order valence-corrected chi connectivity index (χ2v) is 4.38. The molecule has 1 aliphatic heterocycles. The summed E-state index contributed by atoms with van der Waals surface area (Å²) in [6.45, 7) is 3.26. The average Bonchev–Trinajstić information content (AvgIpc) is 2.19. The highest BCUT2D eigenvalue weighted by molar-refractivity contribution is 6.31. The predicted octanol–water partition coefficient (Wildman–Crippen LogP) is 3.88. The van der Waals surface area contributed by atoms with Gasteiger partial charge in [0, 0.05) is 11.1 Å². The molecule has 0 radical (unpaired) electrons. The van der Waals surface area contributed by atoms with Crippen LogP contribution < -0.4 is 5.32 Å². The molecule has 0 aliphatic carbocycles. The van der Waals surface area contributed by atoms with E-state index in [4.69, 9.17) is 11.6 Å². The number of halogens is 2. The smallest absolute Gasteiger partial charge is 0.0456 e. The van der Waals surface area contributed by atoms with Crippen molar-refractivity contribution in [2.24, 2.45) is 0 Å². The number of piperidine rings is 1. The Labute approximate surface area is 103 Å². The average molecular weight is 246 g/mol. The molecular formula is C12H17Cl2N. The Hall–Kier alpha value is -0.240. The number of hydrogen-bond acceptors (Lipinski definition) is 1. The number of benzene rings is 1. The van der Waals surface area contributed by atoms with Gasteiger partial charge >= 0.3 is 0 Å². The third-order valence-electron chi connectivity index (χ3n) is 2.93. The minimum absolute atomic E-state index is 0. The predicted molar refractivity (Wildman–Crippen MR) is 68.0 cm³/mol. The Kier molecular flexibility index (Phi) is 4.91. The van der Waals surface area contributed by atoms with Gasteiger partial charge in [-0.15, -0.1) is 12.4 Å². The summed E-state index contributed by atoms with van der Waals surface area (Å²) < 4.78 is 0. The van der Waals surface area contributed by atoms with Gasteiger partial charge in [0.25, 0.3) is 0 Å². The first-order valence-corrected chi connectivity index (χ1v) is 5.65. The molecule has 1 heterocycles. The van der Waals surface area contributed by atoms with E-state index in [1.807, 2.05) is 12.1 Å². The number of hydrogen-bond donors (Lipinski definition) is 1.